The van der Waals surface area contributed by atoms with Crippen molar-refractivity contribution in [3.05, 3.63) is 65.4 Å². The summed E-state index contributed by atoms with van der Waals surface area (Å²) in [4.78, 5) is 19.5. The summed E-state index contributed by atoms with van der Waals surface area (Å²) in [6, 6.07) is 11.7. The summed E-state index contributed by atoms with van der Waals surface area (Å²) < 4.78 is 8.24. The summed E-state index contributed by atoms with van der Waals surface area (Å²) in [6.45, 7) is 4.35. The molecule has 1 amide bonds. The van der Waals surface area contributed by atoms with E-state index in [-0.39, 0.29) is 5.91 Å². The zero-order chi connectivity index (χ0) is 19.0. The number of nitrogens with zero attached hydrogens (tertiary/aromatic N) is 4. The van der Waals surface area contributed by atoms with Crippen LogP contribution >= 0.6 is 11.3 Å². The van der Waals surface area contributed by atoms with Gasteiger partial charge < -0.3 is 4.42 Å². The fourth-order valence-electron chi connectivity index (χ4n) is 2.88. The number of thiazole rings is 1. The summed E-state index contributed by atoms with van der Waals surface area (Å²) in [6.07, 6.45) is 2.57. The van der Waals surface area contributed by atoms with E-state index in [1.165, 1.54) is 16.9 Å². The average Bonchev–Trinajstić information content (AvgIpc) is 3.39. The van der Waals surface area contributed by atoms with Gasteiger partial charge in [-0.25, -0.2) is 4.98 Å². The van der Waals surface area contributed by atoms with Crippen molar-refractivity contribution in [1.29, 1.82) is 0 Å². The Labute approximate surface area is 161 Å². The van der Waals surface area contributed by atoms with E-state index in [2.05, 4.69) is 24.2 Å². The van der Waals surface area contributed by atoms with E-state index in [1.54, 1.807) is 21.9 Å². The number of amides is 1. The summed E-state index contributed by atoms with van der Waals surface area (Å²) in [5.41, 5.74) is 3.46. The number of furan rings is 1. The van der Waals surface area contributed by atoms with Crippen LogP contribution in [0.25, 0.3) is 10.2 Å². The van der Waals surface area contributed by atoms with Gasteiger partial charge in [0.2, 0.25) is 0 Å². The highest BCUT2D eigenvalue weighted by Gasteiger charge is 2.25. The van der Waals surface area contributed by atoms with Gasteiger partial charge in [0.1, 0.15) is 5.76 Å². The fourth-order valence-corrected chi connectivity index (χ4v) is 3.91. The standard InChI is InChI=1S/C20H20N4O2S/c1-4-14-7-8-16-18(11-14)27-20(21-16)24(12-15-6-5-9-26-15)19(25)17-10-13(2)23(3)22-17/h5-11H,4,12H2,1-3H3. The Kier molecular flexibility index (Phi) is 4.53. The van der Waals surface area contributed by atoms with Crippen LogP contribution in [0.15, 0.2) is 47.1 Å². The summed E-state index contributed by atoms with van der Waals surface area (Å²) in [7, 11) is 1.83. The number of benzene rings is 1. The Morgan fingerprint density at radius 3 is 2.81 bits per heavy atom. The second kappa shape index (κ2) is 7.00. The number of carbonyl (C=O) groups is 1. The van der Waals surface area contributed by atoms with Gasteiger partial charge in [-0.3, -0.25) is 14.4 Å². The van der Waals surface area contributed by atoms with Crippen LogP contribution in [0.1, 0.15) is 34.4 Å². The van der Waals surface area contributed by atoms with Gasteiger partial charge in [0.25, 0.3) is 5.91 Å². The molecule has 3 heterocycles. The largest absolute Gasteiger partial charge is 0.467 e. The smallest absolute Gasteiger partial charge is 0.280 e. The summed E-state index contributed by atoms with van der Waals surface area (Å²) in [5.74, 6) is 0.509. The van der Waals surface area contributed by atoms with Crippen molar-refractivity contribution in [1.82, 2.24) is 14.8 Å². The van der Waals surface area contributed by atoms with Crippen molar-refractivity contribution in [2.45, 2.75) is 26.8 Å². The SMILES string of the molecule is CCc1ccc2nc(N(Cc3ccco3)C(=O)c3cc(C)n(C)n3)sc2c1. The minimum atomic E-state index is -0.190. The molecule has 0 N–H and O–H groups in total. The van der Waals surface area contributed by atoms with Crippen LogP contribution in [0.4, 0.5) is 5.13 Å². The number of aromatic nitrogens is 3. The molecule has 138 valence electrons. The first-order valence-corrected chi connectivity index (χ1v) is 9.61. The van der Waals surface area contributed by atoms with E-state index in [4.69, 9.17) is 9.40 Å². The number of hydrogen-bond donors (Lipinski definition) is 0. The van der Waals surface area contributed by atoms with Gasteiger partial charge in [-0.1, -0.05) is 24.3 Å². The molecule has 0 saturated carbocycles. The second-order valence-electron chi connectivity index (χ2n) is 6.42. The van der Waals surface area contributed by atoms with Crippen LogP contribution in [0.2, 0.25) is 0 Å². The van der Waals surface area contributed by atoms with E-state index in [1.807, 2.05) is 32.2 Å². The van der Waals surface area contributed by atoms with Crippen LogP contribution in [0.5, 0.6) is 0 Å². The van der Waals surface area contributed by atoms with Crippen LogP contribution in [0.3, 0.4) is 0 Å². The normalized spacial score (nSPS) is 11.2. The predicted octanol–water partition coefficient (Wildman–Crippen LogP) is 4.34. The molecule has 4 aromatic rings. The molecule has 0 aliphatic carbocycles. The molecular weight excluding hydrogens is 360 g/mol. The molecule has 0 aliphatic rings. The molecule has 0 fully saturated rings. The Bertz CT molecular complexity index is 1080. The van der Waals surface area contributed by atoms with Crippen molar-refractivity contribution in [3.8, 4) is 0 Å². The van der Waals surface area contributed by atoms with Crippen molar-refractivity contribution >= 4 is 32.6 Å². The van der Waals surface area contributed by atoms with Crippen molar-refractivity contribution in [3.63, 3.8) is 0 Å². The fraction of sp³-hybridized carbons (Fsp3) is 0.250. The molecule has 6 nitrogen and oxygen atoms in total. The topological polar surface area (TPSA) is 64.2 Å². The maximum absolute atomic E-state index is 13.2. The Balaban J connectivity index is 1.76. The molecular formula is C20H20N4O2S. The van der Waals surface area contributed by atoms with Gasteiger partial charge in [-0.05, 0) is 49.2 Å². The first kappa shape index (κ1) is 17.5. The minimum absolute atomic E-state index is 0.190. The molecule has 4 rings (SSSR count). The van der Waals surface area contributed by atoms with Crippen LogP contribution < -0.4 is 4.90 Å². The lowest BCUT2D eigenvalue weighted by Gasteiger charge is -2.17. The first-order chi connectivity index (χ1) is 13.0. The Morgan fingerprint density at radius 2 is 2.15 bits per heavy atom. The molecule has 0 atom stereocenters. The van der Waals surface area contributed by atoms with E-state index >= 15 is 0 Å². The maximum Gasteiger partial charge on any atom is 0.280 e. The quantitative estimate of drug-likeness (QED) is 0.517. The number of aryl methyl sites for hydroxylation is 3. The minimum Gasteiger partial charge on any atom is -0.467 e. The molecule has 0 bridgehead atoms. The molecule has 27 heavy (non-hydrogen) atoms. The monoisotopic (exact) mass is 380 g/mol. The van der Waals surface area contributed by atoms with Crippen LogP contribution in [-0.2, 0) is 20.0 Å². The third-order valence-electron chi connectivity index (χ3n) is 4.55. The van der Waals surface area contributed by atoms with Crippen molar-refractivity contribution in [2.24, 2.45) is 7.05 Å². The Morgan fingerprint density at radius 1 is 1.30 bits per heavy atom. The van der Waals surface area contributed by atoms with Gasteiger partial charge in [0, 0.05) is 12.7 Å². The zero-order valence-corrected chi connectivity index (χ0v) is 16.3. The number of rotatable bonds is 5. The molecule has 0 unspecified atom stereocenters. The van der Waals surface area contributed by atoms with E-state index in [9.17, 15) is 4.79 Å². The number of anilines is 1. The third kappa shape index (κ3) is 3.38. The van der Waals surface area contributed by atoms with Crippen molar-refractivity contribution in [2.75, 3.05) is 4.90 Å². The predicted molar refractivity (Wildman–Crippen MR) is 106 cm³/mol. The Hall–Kier alpha value is -2.93. The van der Waals surface area contributed by atoms with Gasteiger partial charge in [0.15, 0.2) is 10.8 Å². The average molecular weight is 380 g/mol. The van der Waals surface area contributed by atoms with Gasteiger partial charge in [-0.2, -0.15) is 5.10 Å². The van der Waals surface area contributed by atoms with Crippen LogP contribution in [0, 0.1) is 6.92 Å². The highest BCUT2D eigenvalue weighted by molar-refractivity contribution is 7.22. The molecule has 0 aliphatic heterocycles. The molecule has 7 heteroatoms. The van der Waals surface area contributed by atoms with Gasteiger partial charge in [0.05, 0.1) is 23.0 Å². The molecule has 0 saturated heterocycles. The first-order valence-electron chi connectivity index (χ1n) is 8.79. The lowest BCUT2D eigenvalue weighted by atomic mass is 10.2. The molecule has 1 aromatic carbocycles. The highest BCUT2D eigenvalue weighted by atomic mass is 32.1. The summed E-state index contributed by atoms with van der Waals surface area (Å²) in [5, 5.41) is 4.98. The number of hydrogen-bond acceptors (Lipinski definition) is 5. The lowest BCUT2D eigenvalue weighted by molar-refractivity contribution is 0.0977. The molecule has 3 aromatic heterocycles. The van der Waals surface area contributed by atoms with Gasteiger partial charge in [-0.15, -0.1) is 0 Å². The van der Waals surface area contributed by atoms with Crippen molar-refractivity contribution < 1.29 is 9.21 Å². The van der Waals surface area contributed by atoms with Crippen LogP contribution in [-0.4, -0.2) is 20.7 Å². The zero-order valence-electron chi connectivity index (χ0n) is 15.5. The number of carbonyl (C=O) groups excluding carboxylic acids is 1. The third-order valence-corrected chi connectivity index (χ3v) is 5.59. The maximum atomic E-state index is 13.2. The second-order valence-corrected chi connectivity index (χ2v) is 7.43. The van der Waals surface area contributed by atoms with E-state index < -0.39 is 0 Å². The van der Waals surface area contributed by atoms with E-state index in [0.29, 0.717) is 23.1 Å². The lowest BCUT2D eigenvalue weighted by Crippen LogP contribution is -2.30. The molecule has 0 radical (unpaired) electrons. The van der Waals surface area contributed by atoms with E-state index in [0.717, 1.165) is 22.3 Å². The number of fused-ring (bicyclic) bond motifs is 1. The van der Waals surface area contributed by atoms with Gasteiger partial charge >= 0.3 is 0 Å². The summed E-state index contributed by atoms with van der Waals surface area (Å²) >= 11 is 1.51. The highest BCUT2D eigenvalue weighted by Crippen LogP contribution is 2.31. The molecule has 0 spiro atoms.